The van der Waals surface area contributed by atoms with Crippen LogP contribution in [0.15, 0.2) is 0 Å². The summed E-state index contributed by atoms with van der Waals surface area (Å²) in [4.78, 5) is 11.6. The van der Waals surface area contributed by atoms with Crippen LogP contribution in [0.4, 0.5) is 0 Å². The van der Waals surface area contributed by atoms with Gasteiger partial charge in [-0.2, -0.15) is 0 Å². The topological polar surface area (TPSA) is 55.8 Å². The molecule has 4 unspecified atom stereocenters. The largest absolute Gasteiger partial charge is 0.457 e. The Bertz CT molecular complexity index is 435. The Kier molecular flexibility index (Phi) is 3.61. The first kappa shape index (κ1) is 15.3. The predicted molar refractivity (Wildman–Crippen MR) is 78.6 cm³/mol. The summed E-state index contributed by atoms with van der Waals surface area (Å²) in [5.41, 5.74) is -0.558. The van der Waals surface area contributed by atoms with Crippen molar-refractivity contribution in [3.8, 4) is 0 Å². The zero-order valence-corrected chi connectivity index (χ0v) is 13.6. The second-order valence-electron chi connectivity index (χ2n) is 7.88. The minimum atomic E-state index is -0.550. The number of aliphatic hydroxyl groups is 1. The molecule has 120 valence electrons. The highest BCUT2D eigenvalue weighted by molar-refractivity contribution is 5.70. The van der Waals surface area contributed by atoms with Gasteiger partial charge in [-0.1, -0.05) is 27.2 Å². The fourth-order valence-corrected chi connectivity index (χ4v) is 5.17. The number of fused-ring (bicyclic) bond motifs is 4. The minimum Gasteiger partial charge on any atom is -0.457 e. The number of rotatable bonds is 3. The van der Waals surface area contributed by atoms with Crippen LogP contribution in [-0.2, 0) is 14.3 Å². The summed E-state index contributed by atoms with van der Waals surface area (Å²) in [6, 6.07) is 0. The number of ether oxygens (including phenoxy) is 2. The average molecular weight is 296 g/mol. The molecule has 0 aromatic carbocycles. The maximum absolute atomic E-state index is 11.6. The van der Waals surface area contributed by atoms with Gasteiger partial charge in [-0.25, -0.2) is 4.79 Å². The first-order valence-electron chi connectivity index (χ1n) is 8.33. The molecule has 0 amide bonds. The van der Waals surface area contributed by atoms with Crippen molar-refractivity contribution in [2.24, 2.45) is 23.7 Å². The molecule has 0 aromatic heterocycles. The molecule has 1 N–H and O–H groups in total. The van der Waals surface area contributed by atoms with E-state index in [-0.39, 0.29) is 17.3 Å². The van der Waals surface area contributed by atoms with E-state index in [1.54, 1.807) is 0 Å². The fourth-order valence-electron chi connectivity index (χ4n) is 5.17. The Balaban J connectivity index is 1.94. The van der Waals surface area contributed by atoms with E-state index in [4.69, 9.17) is 14.6 Å². The Hall–Kier alpha value is -0.610. The monoisotopic (exact) mass is 296 g/mol. The van der Waals surface area contributed by atoms with E-state index in [9.17, 15) is 4.79 Å². The SMILES string of the molecule is CC(C)C12CC3[C@H](C)CC[C@H]3C(C)(O1)C(OC(=O)CO)C2. The molecule has 1 aliphatic carbocycles. The summed E-state index contributed by atoms with van der Waals surface area (Å²) in [6.45, 7) is 8.34. The van der Waals surface area contributed by atoms with Crippen molar-refractivity contribution in [2.45, 2.75) is 70.7 Å². The normalized spacial score (nSPS) is 48.5. The van der Waals surface area contributed by atoms with Crippen LogP contribution in [0.3, 0.4) is 0 Å². The molecule has 21 heavy (non-hydrogen) atoms. The van der Waals surface area contributed by atoms with Crippen molar-refractivity contribution in [1.29, 1.82) is 0 Å². The van der Waals surface area contributed by atoms with Gasteiger partial charge in [0.25, 0.3) is 0 Å². The summed E-state index contributed by atoms with van der Waals surface area (Å²) >= 11 is 0. The molecule has 3 aliphatic rings. The lowest BCUT2D eigenvalue weighted by molar-refractivity contribution is -0.214. The maximum atomic E-state index is 11.6. The second-order valence-corrected chi connectivity index (χ2v) is 7.88. The van der Waals surface area contributed by atoms with Crippen LogP contribution in [-0.4, -0.2) is 35.0 Å². The Morgan fingerprint density at radius 1 is 1.38 bits per heavy atom. The second kappa shape index (κ2) is 4.95. The first-order valence-corrected chi connectivity index (χ1v) is 8.33. The minimum absolute atomic E-state index is 0.172. The summed E-state index contributed by atoms with van der Waals surface area (Å²) in [7, 11) is 0. The van der Waals surface area contributed by atoms with Gasteiger partial charge in [0.2, 0.25) is 0 Å². The molecule has 0 spiro atoms. The standard InChI is InChI=1S/C17H28O4/c1-10(2)17-7-12-11(3)5-6-13(12)16(4,21-17)14(8-17)20-15(19)9-18/h10-14,18H,5-9H2,1-4H3/t11-,12?,13-,14?,16?,17?/m1/s1. The number of hydrogen-bond acceptors (Lipinski definition) is 4. The molecule has 0 radical (unpaired) electrons. The van der Waals surface area contributed by atoms with Crippen LogP contribution in [0.1, 0.15) is 53.4 Å². The van der Waals surface area contributed by atoms with E-state index in [1.807, 2.05) is 0 Å². The van der Waals surface area contributed by atoms with Crippen molar-refractivity contribution >= 4 is 5.97 Å². The molecule has 2 bridgehead atoms. The molecule has 2 aliphatic heterocycles. The van der Waals surface area contributed by atoms with Gasteiger partial charge in [0.15, 0.2) is 0 Å². The molecule has 6 atom stereocenters. The highest BCUT2D eigenvalue weighted by Crippen LogP contribution is 2.62. The zero-order chi connectivity index (χ0) is 15.4. The van der Waals surface area contributed by atoms with Crippen LogP contribution in [0.5, 0.6) is 0 Å². The molecule has 4 nitrogen and oxygen atoms in total. The number of esters is 1. The van der Waals surface area contributed by atoms with E-state index in [1.165, 1.54) is 6.42 Å². The van der Waals surface area contributed by atoms with Crippen LogP contribution >= 0.6 is 0 Å². The van der Waals surface area contributed by atoms with Gasteiger partial charge in [-0.05, 0) is 43.4 Å². The molecular weight excluding hydrogens is 268 g/mol. The van der Waals surface area contributed by atoms with E-state index in [0.717, 1.165) is 25.2 Å². The van der Waals surface area contributed by atoms with Crippen LogP contribution in [0, 0.1) is 23.7 Å². The van der Waals surface area contributed by atoms with Crippen molar-refractivity contribution in [2.75, 3.05) is 6.61 Å². The third-order valence-corrected chi connectivity index (χ3v) is 6.55. The van der Waals surface area contributed by atoms with Crippen LogP contribution in [0.2, 0.25) is 0 Å². The average Bonchev–Trinajstić information content (AvgIpc) is 2.90. The molecule has 2 saturated heterocycles. The highest BCUT2D eigenvalue weighted by atomic mass is 16.6. The molecule has 3 fully saturated rings. The molecular formula is C17H28O4. The highest BCUT2D eigenvalue weighted by Gasteiger charge is 2.66. The Morgan fingerprint density at radius 3 is 2.71 bits per heavy atom. The van der Waals surface area contributed by atoms with Gasteiger partial charge >= 0.3 is 5.97 Å². The van der Waals surface area contributed by atoms with Gasteiger partial charge < -0.3 is 14.6 Å². The van der Waals surface area contributed by atoms with Gasteiger partial charge in [-0.3, -0.25) is 0 Å². The van der Waals surface area contributed by atoms with Crippen molar-refractivity contribution in [3.05, 3.63) is 0 Å². The van der Waals surface area contributed by atoms with Gasteiger partial charge in [-0.15, -0.1) is 0 Å². The smallest absolute Gasteiger partial charge is 0.332 e. The Labute approximate surface area is 127 Å². The molecule has 1 saturated carbocycles. The summed E-state index contributed by atoms with van der Waals surface area (Å²) in [6.07, 6.45) is 4.03. The van der Waals surface area contributed by atoms with E-state index in [2.05, 4.69) is 27.7 Å². The fraction of sp³-hybridized carbons (Fsp3) is 0.941. The van der Waals surface area contributed by atoms with Gasteiger partial charge in [0.05, 0.1) is 5.60 Å². The third-order valence-electron chi connectivity index (χ3n) is 6.55. The third kappa shape index (κ3) is 2.14. The maximum Gasteiger partial charge on any atom is 0.332 e. The van der Waals surface area contributed by atoms with E-state index < -0.39 is 12.6 Å². The van der Waals surface area contributed by atoms with Crippen molar-refractivity contribution in [1.82, 2.24) is 0 Å². The summed E-state index contributed by atoms with van der Waals surface area (Å²) < 4.78 is 12.2. The zero-order valence-electron chi connectivity index (χ0n) is 13.6. The lowest BCUT2D eigenvalue weighted by Gasteiger charge is -2.48. The van der Waals surface area contributed by atoms with Crippen molar-refractivity contribution < 1.29 is 19.4 Å². The van der Waals surface area contributed by atoms with E-state index in [0.29, 0.717) is 17.8 Å². The molecule has 4 heteroatoms. The van der Waals surface area contributed by atoms with Gasteiger partial charge in [0, 0.05) is 6.42 Å². The summed E-state index contributed by atoms with van der Waals surface area (Å²) in [5.74, 6) is 1.74. The molecule has 3 rings (SSSR count). The number of aliphatic hydroxyl groups excluding tert-OH is 1. The lowest BCUT2D eigenvalue weighted by Crippen LogP contribution is -2.53. The summed E-state index contributed by atoms with van der Waals surface area (Å²) in [5, 5.41) is 9.01. The molecule has 2 heterocycles. The lowest BCUT2D eigenvalue weighted by atomic mass is 9.72. The Morgan fingerprint density at radius 2 is 2.10 bits per heavy atom. The van der Waals surface area contributed by atoms with Crippen LogP contribution in [0.25, 0.3) is 0 Å². The molecule has 0 aromatic rings. The first-order chi connectivity index (χ1) is 9.82. The number of hydrogen-bond donors (Lipinski definition) is 1. The van der Waals surface area contributed by atoms with E-state index >= 15 is 0 Å². The van der Waals surface area contributed by atoms with Crippen LogP contribution < -0.4 is 0 Å². The van der Waals surface area contributed by atoms with Gasteiger partial charge in [0.1, 0.15) is 18.3 Å². The quantitative estimate of drug-likeness (QED) is 0.813. The van der Waals surface area contributed by atoms with Crippen molar-refractivity contribution in [3.63, 3.8) is 0 Å². The number of carbonyl (C=O) groups excluding carboxylic acids is 1. The predicted octanol–water partition coefficient (Wildman–Crippen LogP) is 2.53. The number of carbonyl (C=O) groups is 1.